The molecule has 0 bridgehead atoms. The summed E-state index contributed by atoms with van der Waals surface area (Å²) < 4.78 is 1.42. The van der Waals surface area contributed by atoms with Crippen molar-refractivity contribution in [1.29, 1.82) is 0 Å². The fraction of sp³-hybridized carbons (Fsp3) is 0.258. The summed E-state index contributed by atoms with van der Waals surface area (Å²) >= 11 is 2.40. The number of carboxylic acids is 1. The molecule has 4 amide bonds. The molecule has 0 saturated carbocycles. The first kappa shape index (κ1) is 39.1. The molecule has 53 heavy (non-hydrogen) atoms. The van der Waals surface area contributed by atoms with E-state index in [-0.39, 0.29) is 69.7 Å². The van der Waals surface area contributed by atoms with Crippen LogP contribution in [0.4, 0.5) is 27.8 Å². The van der Waals surface area contributed by atoms with Crippen molar-refractivity contribution in [1.82, 2.24) is 40.4 Å². The predicted octanol–water partition coefficient (Wildman–Crippen LogP) is -3.36. The number of hydrogen-bond acceptors (Lipinski definition) is 15. The number of tetrazole rings is 1. The van der Waals surface area contributed by atoms with Gasteiger partial charge in [-0.25, -0.2) is 14.5 Å². The number of aromatic hydroxyl groups is 1. The minimum absolute atomic E-state index is 0. The maximum absolute atomic E-state index is 14.1. The number of urea groups is 1. The van der Waals surface area contributed by atoms with Gasteiger partial charge in [-0.05, 0) is 58.0 Å². The van der Waals surface area contributed by atoms with Gasteiger partial charge >= 0.3 is 35.6 Å². The van der Waals surface area contributed by atoms with E-state index in [1.807, 2.05) is 31.1 Å². The third-order valence-corrected chi connectivity index (χ3v) is 10.6. The molecule has 22 heteroatoms. The Bertz CT molecular complexity index is 2130. The molecule has 2 aromatic heterocycles. The number of thioether (sulfide) groups is 2. The third-order valence-electron chi connectivity index (χ3n) is 8.13. The number of nitrogens with two attached hydrogens (primary N) is 1. The number of β-lactam (4-membered cyclic amide) rings is 1. The van der Waals surface area contributed by atoms with Crippen LogP contribution >= 0.6 is 23.5 Å². The molecule has 0 radical (unpaired) electrons. The van der Waals surface area contributed by atoms with Crippen molar-refractivity contribution in [3.8, 4) is 5.75 Å². The number of amides is 4. The van der Waals surface area contributed by atoms with Crippen LogP contribution in [0.1, 0.15) is 11.6 Å². The second-order valence-corrected chi connectivity index (χ2v) is 13.8. The molecule has 2 aliphatic heterocycles. The smallest absolute Gasteiger partial charge is 0.543 e. The zero-order valence-electron chi connectivity index (χ0n) is 28.7. The minimum Gasteiger partial charge on any atom is -0.543 e. The Hall–Kier alpha value is -5.09. The Kier molecular flexibility index (Phi) is 12.0. The van der Waals surface area contributed by atoms with E-state index in [1.165, 1.54) is 52.5 Å². The number of aromatic nitrogens is 6. The number of fused-ring (bicyclic) bond motifs is 1. The van der Waals surface area contributed by atoms with E-state index in [0.717, 1.165) is 21.7 Å². The fourth-order valence-corrected chi connectivity index (χ4v) is 7.91. The molecule has 1 saturated heterocycles. The number of aliphatic carboxylic acids is 1. The number of nitrogens with zero attached hydrogens (tertiary/aromatic N) is 8. The van der Waals surface area contributed by atoms with Crippen molar-refractivity contribution >= 4 is 70.3 Å². The average molecular weight is 771 g/mol. The van der Waals surface area contributed by atoms with E-state index in [4.69, 9.17) is 5.73 Å². The summed E-state index contributed by atoms with van der Waals surface area (Å²) in [6.45, 7) is 0. The number of carbonyl (C=O) groups is 4. The molecule has 2 unspecified atom stereocenters. The van der Waals surface area contributed by atoms with Crippen LogP contribution in [0.3, 0.4) is 0 Å². The molecule has 4 aromatic rings. The van der Waals surface area contributed by atoms with Crippen LogP contribution in [0.15, 0.2) is 75.9 Å². The average Bonchev–Trinajstić information content (AvgIpc) is 3.53. The summed E-state index contributed by atoms with van der Waals surface area (Å²) in [4.78, 5) is 76.7. The SMILES string of the molecule is CN(C)c1ccc(Nc2ncc(N(C(N)=O)C(C(=O)NC3C(=O)N4C(C(=O)[O-])=C(CSc5nnnn5C)CS[C@H]34)c3ccc(O)cc3)c(=O)[nH]2)cc1.[Na+]. The number of aromatic amines is 1. The maximum atomic E-state index is 14.1. The van der Waals surface area contributed by atoms with Gasteiger partial charge in [0, 0.05) is 44.0 Å². The van der Waals surface area contributed by atoms with E-state index < -0.39 is 46.8 Å². The first-order valence-electron chi connectivity index (χ1n) is 15.4. The number of rotatable bonds is 12. The molecular formula is C31H31N12NaO7S2. The standard InChI is InChI=1S/C31H32N12O7S2.Na/c1-40(2)18-8-6-17(7-9-18)34-30-33-12-20(24(45)36-30)42(29(32)50)22(15-4-10-19(44)11-5-15)25(46)35-21-26(47)43-23(28(48)49)16(13-51-27(21)43)14-52-31-37-38-39-41(31)3;/h4-12,21-22,27,44H,13-14H2,1-3H3,(H2,32,50)(H,35,46)(H,48,49)(H2,33,34,36,45);/q;+1/p-1/t21?,22?,27-;/m1./s1. The molecular weight excluding hydrogens is 740 g/mol. The number of carboxylic acid groups (broad SMARTS) is 1. The van der Waals surface area contributed by atoms with Crippen LogP contribution < -0.4 is 66.4 Å². The zero-order valence-corrected chi connectivity index (χ0v) is 32.3. The van der Waals surface area contributed by atoms with Gasteiger partial charge in [0.05, 0.1) is 17.9 Å². The Balaban J connectivity index is 0.00000541. The molecule has 270 valence electrons. The molecule has 6 N–H and O–H groups in total. The number of H-pyrrole nitrogens is 1. The first-order valence-corrected chi connectivity index (χ1v) is 17.4. The van der Waals surface area contributed by atoms with Crippen molar-refractivity contribution in [2.45, 2.75) is 22.6 Å². The first-order chi connectivity index (χ1) is 24.8. The number of carbonyl (C=O) groups excluding carboxylic acids is 4. The van der Waals surface area contributed by atoms with Gasteiger partial charge in [0.2, 0.25) is 17.0 Å². The Labute approximate surface area is 331 Å². The summed E-state index contributed by atoms with van der Waals surface area (Å²) in [6.07, 6.45) is 1.07. The van der Waals surface area contributed by atoms with Crippen molar-refractivity contribution in [3.05, 3.63) is 81.9 Å². The van der Waals surface area contributed by atoms with Crippen molar-refractivity contribution in [2.75, 3.05) is 40.7 Å². The monoisotopic (exact) mass is 770 g/mol. The number of primary amides is 1. The zero-order chi connectivity index (χ0) is 37.3. The van der Waals surface area contributed by atoms with Gasteiger partial charge in [-0.15, -0.1) is 16.9 Å². The number of anilines is 4. The topological polar surface area (TPSA) is 261 Å². The van der Waals surface area contributed by atoms with E-state index in [1.54, 1.807) is 19.2 Å². The van der Waals surface area contributed by atoms with Gasteiger partial charge in [-0.2, -0.15) is 0 Å². The molecule has 2 aliphatic rings. The number of phenols is 1. The van der Waals surface area contributed by atoms with Crippen molar-refractivity contribution in [3.63, 3.8) is 0 Å². The van der Waals surface area contributed by atoms with Crippen LogP contribution in [0.25, 0.3) is 0 Å². The summed E-state index contributed by atoms with van der Waals surface area (Å²) in [7, 11) is 5.42. The number of hydrogen-bond donors (Lipinski definition) is 5. The number of aryl methyl sites for hydroxylation is 1. The molecule has 2 aromatic carbocycles. The second-order valence-electron chi connectivity index (χ2n) is 11.7. The molecule has 6 rings (SSSR count). The van der Waals surface area contributed by atoms with Gasteiger partial charge in [0.15, 0.2) is 0 Å². The largest absolute Gasteiger partial charge is 1.00 e. The summed E-state index contributed by atoms with van der Waals surface area (Å²) in [6, 6.07) is 8.48. The quantitative estimate of drug-likeness (QED) is 0.0535. The summed E-state index contributed by atoms with van der Waals surface area (Å²) in [5, 5.41) is 38.6. The summed E-state index contributed by atoms with van der Waals surface area (Å²) in [5.41, 5.74) is 6.36. The Morgan fingerprint density at radius 3 is 2.43 bits per heavy atom. The Morgan fingerprint density at radius 1 is 1.15 bits per heavy atom. The van der Waals surface area contributed by atoms with Crippen LogP contribution in [0, 0.1) is 0 Å². The normalized spacial score (nSPS) is 16.8. The van der Waals surface area contributed by atoms with Crippen molar-refractivity contribution in [2.24, 2.45) is 12.8 Å². The van der Waals surface area contributed by atoms with Gasteiger partial charge in [0.1, 0.15) is 28.9 Å². The molecule has 0 spiro atoms. The van der Waals surface area contributed by atoms with Gasteiger partial charge in [-0.1, -0.05) is 23.9 Å². The molecule has 19 nitrogen and oxygen atoms in total. The second kappa shape index (κ2) is 16.3. The third kappa shape index (κ3) is 8.13. The van der Waals surface area contributed by atoms with E-state index in [0.29, 0.717) is 16.4 Å². The molecule has 4 heterocycles. The molecule has 0 aliphatic carbocycles. The van der Waals surface area contributed by atoms with Gasteiger partial charge in [0.25, 0.3) is 11.5 Å². The van der Waals surface area contributed by atoms with Gasteiger partial charge < -0.3 is 36.3 Å². The maximum Gasteiger partial charge on any atom is 1.00 e. The van der Waals surface area contributed by atoms with E-state index >= 15 is 0 Å². The van der Waals surface area contributed by atoms with Crippen LogP contribution in [0.5, 0.6) is 5.75 Å². The van der Waals surface area contributed by atoms with E-state index in [9.17, 15) is 34.2 Å². The number of phenolic OH excluding ortho intramolecular Hbond substituents is 1. The van der Waals surface area contributed by atoms with Crippen LogP contribution in [-0.4, -0.2) is 101 Å². The van der Waals surface area contributed by atoms with E-state index in [2.05, 4.69) is 36.1 Å². The number of nitrogens with one attached hydrogen (secondary N) is 3. The van der Waals surface area contributed by atoms with Gasteiger partial charge in [-0.3, -0.25) is 29.2 Å². The predicted molar refractivity (Wildman–Crippen MR) is 188 cm³/mol. The van der Waals surface area contributed by atoms with Crippen molar-refractivity contribution < 1.29 is 58.9 Å². The minimum atomic E-state index is -1.63. The Morgan fingerprint density at radius 2 is 1.85 bits per heavy atom. The summed E-state index contributed by atoms with van der Waals surface area (Å²) in [5.74, 6) is -2.95. The van der Waals surface area contributed by atoms with Crippen LogP contribution in [0.2, 0.25) is 0 Å². The molecule has 1 fully saturated rings. The number of benzene rings is 2. The molecule has 3 atom stereocenters. The fourth-order valence-electron chi connectivity index (χ4n) is 5.57. The van der Waals surface area contributed by atoms with Crippen LogP contribution in [-0.2, 0) is 21.4 Å².